The first-order valence-corrected chi connectivity index (χ1v) is 9.54. The Kier molecular flexibility index (Phi) is 6.09. The lowest BCUT2D eigenvalue weighted by Gasteiger charge is -2.21. The van der Waals surface area contributed by atoms with Crippen LogP contribution < -0.4 is 5.73 Å². The van der Waals surface area contributed by atoms with Crippen LogP contribution in [-0.4, -0.2) is 22.2 Å². The third-order valence-corrected chi connectivity index (χ3v) is 4.83. The van der Waals surface area contributed by atoms with Crippen molar-refractivity contribution in [2.24, 2.45) is 5.73 Å². The van der Waals surface area contributed by atoms with Crippen molar-refractivity contribution in [1.82, 2.24) is 4.98 Å². The van der Waals surface area contributed by atoms with Crippen molar-refractivity contribution in [2.45, 2.75) is 45.1 Å². The molecule has 0 fully saturated rings. The molecule has 0 saturated heterocycles. The average Bonchev–Trinajstić information content (AvgIpc) is 3.16. The Hall–Kier alpha value is -2.43. The topological polar surface area (TPSA) is 72.3 Å². The Labute approximate surface area is 161 Å². The first-order chi connectivity index (χ1) is 13.0. The lowest BCUT2D eigenvalue weighted by atomic mass is 9.94. The van der Waals surface area contributed by atoms with E-state index in [1.54, 1.807) is 6.26 Å². The van der Waals surface area contributed by atoms with Crippen LogP contribution in [0.1, 0.15) is 38.1 Å². The van der Waals surface area contributed by atoms with E-state index in [0.717, 1.165) is 42.8 Å². The highest BCUT2D eigenvalue weighted by atomic mass is 16.3. The van der Waals surface area contributed by atoms with Crippen LogP contribution >= 0.6 is 0 Å². The van der Waals surface area contributed by atoms with Gasteiger partial charge in [-0.1, -0.05) is 55.5 Å². The summed E-state index contributed by atoms with van der Waals surface area (Å²) in [6.45, 7) is 4.00. The number of aromatic nitrogens is 1. The molecule has 0 spiro atoms. The van der Waals surface area contributed by atoms with Gasteiger partial charge in [0.25, 0.3) is 0 Å². The number of hydrogen-bond acceptors (Lipinski definition) is 4. The second kappa shape index (κ2) is 8.51. The number of aliphatic hydroxyl groups excluding tert-OH is 1. The van der Waals surface area contributed by atoms with Crippen molar-refractivity contribution >= 4 is 0 Å². The summed E-state index contributed by atoms with van der Waals surface area (Å²) < 4.78 is 5.51. The highest BCUT2D eigenvalue weighted by molar-refractivity contribution is 5.68. The minimum atomic E-state index is -0.521. The SMILES string of the molecule is CCCc1nc(-c2ccc(-c3ccc(CC[C@@](C)(N)CO)cc3)cc2)co1. The van der Waals surface area contributed by atoms with E-state index in [4.69, 9.17) is 10.2 Å². The molecule has 2 aromatic carbocycles. The van der Waals surface area contributed by atoms with Crippen molar-refractivity contribution in [1.29, 1.82) is 0 Å². The summed E-state index contributed by atoms with van der Waals surface area (Å²) in [5.41, 5.74) is 11.0. The fraction of sp³-hybridized carbons (Fsp3) is 0.348. The second-order valence-corrected chi connectivity index (χ2v) is 7.46. The van der Waals surface area contributed by atoms with Gasteiger partial charge in [-0.15, -0.1) is 0 Å². The van der Waals surface area contributed by atoms with E-state index in [9.17, 15) is 5.11 Å². The summed E-state index contributed by atoms with van der Waals surface area (Å²) >= 11 is 0. The van der Waals surface area contributed by atoms with Crippen molar-refractivity contribution in [2.75, 3.05) is 6.61 Å². The van der Waals surface area contributed by atoms with Gasteiger partial charge in [0, 0.05) is 17.5 Å². The summed E-state index contributed by atoms with van der Waals surface area (Å²) in [6, 6.07) is 16.9. The summed E-state index contributed by atoms with van der Waals surface area (Å²) in [5, 5.41) is 9.26. The third kappa shape index (κ3) is 5.06. The van der Waals surface area contributed by atoms with Crippen LogP contribution in [0.5, 0.6) is 0 Å². The van der Waals surface area contributed by atoms with Crippen LogP contribution in [0.2, 0.25) is 0 Å². The van der Waals surface area contributed by atoms with Crippen LogP contribution in [0.4, 0.5) is 0 Å². The van der Waals surface area contributed by atoms with Crippen molar-refractivity contribution in [3.63, 3.8) is 0 Å². The summed E-state index contributed by atoms with van der Waals surface area (Å²) in [5.74, 6) is 0.793. The molecule has 0 bridgehead atoms. The van der Waals surface area contributed by atoms with E-state index in [1.165, 1.54) is 16.7 Å². The number of nitrogens with two attached hydrogens (primary N) is 1. The van der Waals surface area contributed by atoms with Gasteiger partial charge in [-0.2, -0.15) is 0 Å². The summed E-state index contributed by atoms with van der Waals surface area (Å²) in [7, 11) is 0. The monoisotopic (exact) mass is 364 g/mol. The van der Waals surface area contributed by atoms with Gasteiger partial charge in [-0.05, 0) is 42.9 Å². The predicted octanol–water partition coefficient (Wildman–Crippen LogP) is 4.60. The van der Waals surface area contributed by atoms with E-state index in [-0.39, 0.29) is 6.61 Å². The molecular formula is C23H28N2O2. The molecule has 3 rings (SSSR count). The average molecular weight is 364 g/mol. The maximum atomic E-state index is 9.26. The molecule has 0 aliphatic carbocycles. The highest BCUT2D eigenvalue weighted by Gasteiger charge is 2.16. The van der Waals surface area contributed by atoms with Crippen LogP contribution in [0, 0.1) is 0 Å². The van der Waals surface area contributed by atoms with E-state index >= 15 is 0 Å². The molecule has 0 aliphatic rings. The Morgan fingerprint density at radius 2 is 1.56 bits per heavy atom. The Bertz CT molecular complexity index is 849. The zero-order chi connectivity index (χ0) is 19.3. The molecule has 1 heterocycles. The number of benzene rings is 2. The predicted molar refractivity (Wildman–Crippen MR) is 109 cm³/mol. The standard InChI is InChI=1S/C23H28N2O2/c1-3-4-22-25-21(15-27-22)20-11-9-19(10-12-20)18-7-5-17(6-8-18)13-14-23(2,24)16-26/h5-12,15,26H,3-4,13-14,16,24H2,1-2H3/t23-/m1/s1. The molecule has 3 aromatic rings. The zero-order valence-electron chi connectivity index (χ0n) is 16.1. The molecule has 1 atom stereocenters. The molecule has 0 radical (unpaired) electrons. The van der Waals surface area contributed by atoms with E-state index < -0.39 is 5.54 Å². The first-order valence-electron chi connectivity index (χ1n) is 9.54. The summed E-state index contributed by atoms with van der Waals surface area (Å²) in [4.78, 5) is 4.54. The van der Waals surface area contributed by atoms with Gasteiger partial charge in [-0.25, -0.2) is 4.98 Å². The van der Waals surface area contributed by atoms with Crippen molar-refractivity contribution in [3.05, 3.63) is 66.2 Å². The Balaban J connectivity index is 1.67. The van der Waals surface area contributed by atoms with Crippen LogP contribution in [-0.2, 0) is 12.8 Å². The molecule has 0 saturated carbocycles. The van der Waals surface area contributed by atoms with Gasteiger partial charge in [0.2, 0.25) is 0 Å². The molecular weight excluding hydrogens is 336 g/mol. The fourth-order valence-electron chi connectivity index (χ4n) is 2.98. The van der Waals surface area contributed by atoms with Crippen LogP contribution in [0.25, 0.3) is 22.4 Å². The largest absolute Gasteiger partial charge is 0.448 e. The molecule has 1 aromatic heterocycles. The van der Waals surface area contributed by atoms with E-state index in [2.05, 4.69) is 60.4 Å². The third-order valence-electron chi connectivity index (χ3n) is 4.83. The highest BCUT2D eigenvalue weighted by Crippen LogP contribution is 2.25. The lowest BCUT2D eigenvalue weighted by molar-refractivity contribution is 0.200. The number of oxazole rings is 1. The van der Waals surface area contributed by atoms with Crippen molar-refractivity contribution < 1.29 is 9.52 Å². The lowest BCUT2D eigenvalue weighted by Crippen LogP contribution is -2.40. The number of hydrogen-bond donors (Lipinski definition) is 2. The summed E-state index contributed by atoms with van der Waals surface area (Å²) in [6.07, 6.45) is 5.24. The van der Waals surface area contributed by atoms with E-state index in [1.807, 2.05) is 6.92 Å². The van der Waals surface area contributed by atoms with Gasteiger partial charge >= 0.3 is 0 Å². The van der Waals surface area contributed by atoms with Gasteiger partial charge in [0.15, 0.2) is 5.89 Å². The number of aliphatic hydroxyl groups is 1. The molecule has 3 N–H and O–H groups in total. The van der Waals surface area contributed by atoms with Crippen molar-refractivity contribution in [3.8, 4) is 22.4 Å². The van der Waals surface area contributed by atoms with Crippen LogP contribution in [0.3, 0.4) is 0 Å². The minimum Gasteiger partial charge on any atom is -0.448 e. The second-order valence-electron chi connectivity index (χ2n) is 7.46. The minimum absolute atomic E-state index is 0.00287. The number of aryl methyl sites for hydroxylation is 2. The van der Waals surface area contributed by atoms with Gasteiger partial charge in [0.05, 0.1) is 6.61 Å². The molecule has 0 aliphatic heterocycles. The smallest absolute Gasteiger partial charge is 0.194 e. The van der Waals surface area contributed by atoms with E-state index in [0.29, 0.717) is 0 Å². The normalized spacial score (nSPS) is 13.5. The maximum absolute atomic E-state index is 9.26. The first kappa shape index (κ1) is 19.3. The quantitative estimate of drug-likeness (QED) is 0.612. The number of rotatable bonds is 8. The zero-order valence-corrected chi connectivity index (χ0v) is 16.1. The molecule has 4 heteroatoms. The Morgan fingerprint density at radius 1 is 0.963 bits per heavy atom. The van der Waals surface area contributed by atoms with Crippen LogP contribution in [0.15, 0.2) is 59.2 Å². The molecule has 142 valence electrons. The molecule has 27 heavy (non-hydrogen) atoms. The maximum Gasteiger partial charge on any atom is 0.194 e. The van der Waals surface area contributed by atoms with Gasteiger partial charge < -0.3 is 15.3 Å². The molecule has 0 unspecified atom stereocenters. The fourth-order valence-corrected chi connectivity index (χ4v) is 2.98. The van der Waals surface area contributed by atoms with Gasteiger partial charge in [-0.3, -0.25) is 0 Å². The molecule has 4 nitrogen and oxygen atoms in total. The Morgan fingerprint density at radius 3 is 2.15 bits per heavy atom. The number of nitrogens with zero attached hydrogens (tertiary/aromatic N) is 1. The molecule has 0 amide bonds. The van der Waals surface area contributed by atoms with Gasteiger partial charge in [0.1, 0.15) is 12.0 Å².